The fraction of sp³-hybridized carbons (Fsp3) is 0.379. The van der Waals surface area contributed by atoms with Crippen LogP contribution in [0.15, 0.2) is 54.6 Å². The maximum Gasteiger partial charge on any atom is 0.416 e. The number of halogens is 3. The number of ether oxygens (including phenoxy) is 2. The summed E-state index contributed by atoms with van der Waals surface area (Å²) in [7, 11) is 0. The molecule has 0 spiro atoms. The van der Waals surface area contributed by atoms with E-state index in [2.05, 4.69) is 10.2 Å². The van der Waals surface area contributed by atoms with Gasteiger partial charge in [0, 0.05) is 55.0 Å². The molecule has 10 heteroatoms. The van der Waals surface area contributed by atoms with Gasteiger partial charge in [-0.3, -0.25) is 14.5 Å². The largest absolute Gasteiger partial charge is 0.492 e. The second kappa shape index (κ2) is 11.6. The number of carbonyl (C=O) groups excluding carboxylic acids is 2. The first kappa shape index (κ1) is 27.0. The SMILES string of the molecule is O=C(Nc1cc(N2CCCC2)cc(C(F)(F)F)c1)C(=O)c1ccc(OCCN2CCOCC2)c2ccccc12. The van der Waals surface area contributed by atoms with Gasteiger partial charge < -0.3 is 19.7 Å². The van der Waals surface area contributed by atoms with Crippen LogP contribution in [0, 0.1) is 0 Å². The summed E-state index contributed by atoms with van der Waals surface area (Å²) < 4.78 is 52.1. The standard InChI is InChI=1S/C29H30F3N3O4/c30-29(31,32)20-17-21(19-22(18-20)35-9-3-4-10-35)33-28(37)27(36)25-7-8-26(24-6-2-1-5-23(24)25)39-16-13-34-11-14-38-15-12-34/h1-2,5-8,17-19H,3-4,9-16H2,(H,33,37). The lowest BCUT2D eigenvalue weighted by molar-refractivity contribution is -0.137. The third-order valence-corrected chi connectivity index (χ3v) is 7.08. The number of morpholine rings is 1. The lowest BCUT2D eigenvalue weighted by Gasteiger charge is -2.26. The number of nitrogens with zero attached hydrogens (tertiary/aromatic N) is 2. The van der Waals surface area contributed by atoms with Gasteiger partial charge in [0.25, 0.3) is 11.7 Å². The van der Waals surface area contributed by atoms with Crippen molar-refractivity contribution in [3.63, 3.8) is 0 Å². The summed E-state index contributed by atoms with van der Waals surface area (Å²) in [5, 5.41) is 3.61. The Morgan fingerprint density at radius 2 is 1.64 bits per heavy atom. The molecule has 0 radical (unpaired) electrons. The molecule has 5 rings (SSSR count). The van der Waals surface area contributed by atoms with E-state index in [4.69, 9.17) is 9.47 Å². The Hall–Kier alpha value is -3.63. The zero-order chi connectivity index (χ0) is 27.4. The number of rotatable bonds is 8. The van der Waals surface area contributed by atoms with Gasteiger partial charge in [-0.2, -0.15) is 13.2 Å². The molecule has 2 saturated heterocycles. The van der Waals surface area contributed by atoms with Gasteiger partial charge in [0.2, 0.25) is 0 Å². The second-order valence-electron chi connectivity index (χ2n) is 9.70. The molecule has 3 aromatic rings. The molecule has 1 N–H and O–H groups in total. The van der Waals surface area contributed by atoms with Gasteiger partial charge in [0.1, 0.15) is 12.4 Å². The molecule has 1 amide bonds. The van der Waals surface area contributed by atoms with Gasteiger partial charge in [-0.25, -0.2) is 0 Å². The molecule has 206 valence electrons. The lowest BCUT2D eigenvalue weighted by Crippen LogP contribution is -2.38. The van der Waals surface area contributed by atoms with E-state index in [1.807, 2.05) is 17.0 Å². The fourth-order valence-corrected chi connectivity index (χ4v) is 5.02. The number of hydrogen-bond acceptors (Lipinski definition) is 6. The van der Waals surface area contributed by atoms with Crippen molar-refractivity contribution in [2.75, 3.05) is 62.8 Å². The molecule has 2 fully saturated rings. The number of ketones is 1. The van der Waals surface area contributed by atoms with E-state index in [0.29, 0.717) is 55.1 Å². The molecule has 0 saturated carbocycles. The van der Waals surface area contributed by atoms with E-state index in [9.17, 15) is 22.8 Å². The first-order chi connectivity index (χ1) is 18.8. The van der Waals surface area contributed by atoms with Crippen LogP contribution in [0.4, 0.5) is 24.5 Å². The van der Waals surface area contributed by atoms with Crippen molar-refractivity contribution in [3.8, 4) is 5.75 Å². The van der Waals surface area contributed by atoms with Crippen LogP contribution in [0.2, 0.25) is 0 Å². The van der Waals surface area contributed by atoms with Crippen molar-refractivity contribution in [2.45, 2.75) is 19.0 Å². The maximum atomic E-state index is 13.6. The monoisotopic (exact) mass is 541 g/mol. The summed E-state index contributed by atoms with van der Waals surface area (Å²) in [6, 6.07) is 13.7. The molecule has 0 atom stereocenters. The minimum Gasteiger partial charge on any atom is -0.492 e. The van der Waals surface area contributed by atoms with Crippen molar-refractivity contribution in [1.29, 1.82) is 0 Å². The quantitative estimate of drug-likeness (QED) is 0.320. The van der Waals surface area contributed by atoms with Crippen LogP contribution in [-0.4, -0.2) is 69.1 Å². The first-order valence-electron chi connectivity index (χ1n) is 13.1. The Bertz CT molecular complexity index is 1350. The number of amides is 1. The zero-order valence-electron chi connectivity index (χ0n) is 21.4. The van der Waals surface area contributed by atoms with Crippen LogP contribution in [0.5, 0.6) is 5.75 Å². The highest BCUT2D eigenvalue weighted by atomic mass is 19.4. The predicted molar refractivity (Wildman–Crippen MR) is 143 cm³/mol. The van der Waals surface area contributed by atoms with Gasteiger partial charge in [-0.1, -0.05) is 24.3 Å². The van der Waals surface area contributed by atoms with E-state index in [0.717, 1.165) is 44.6 Å². The van der Waals surface area contributed by atoms with E-state index in [1.54, 1.807) is 18.2 Å². The smallest absolute Gasteiger partial charge is 0.416 e. The van der Waals surface area contributed by atoms with E-state index >= 15 is 0 Å². The second-order valence-corrected chi connectivity index (χ2v) is 9.70. The zero-order valence-corrected chi connectivity index (χ0v) is 21.4. The Kier molecular flexibility index (Phi) is 8.04. The van der Waals surface area contributed by atoms with E-state index in [-0.39, 0.29) is 11.3 Å². The van der Waals surface area contributed by atoms with Crippen LogP contribution < -0.4 is 15.0 Å². The predicted octanol–water partition coefficient (Wildman–Crippen LogP) is 4.99. The molecule has 2 heterocycles. The van der Waals surface area contributed by atoms with Crippen LogP contribution >= 0.6 is 0 Å². The summed E-state index contributed by atoms with van der Waals surface area (Å²) in [4.78, 5) is 30.3. The summed E-state index contributed by atoms with van der Waals surface area (Å²) in [6.45, 7) is 5.55. The Morgan fingerprint density at radius 1 is 0.923 bits per heavy atom. The molecular formula is C29H30F3N3O4. The first-order valence-corrected chi connectivity index (χ1v) is 13.1. The van der Waals surface area contributed by atoms with Gasteiger partial charge in [0.05, 0.1) is 18.8 Å². The Labute approximate surface area is 224 Å². The van der Waals surface area contributed by atoms with Gasteiger partial charge in [-0.15, -0.1) is 0 Å². The highest BCUT2D eigenvalue weighted by Gasteiger charge is 2.32. The highest BCUT2D eigenvalue weighted by Crippen LogP contribution is 2.36. The molecule has 2 aliphatic heterocycles. The van der Waals surface area contributed by atoms with Crippen molar-refractivity contribution in [3.05, 3.63) is 65.7 Å². The summed E-state index contributed by atoms with van der Waals surface area (Å²) in [6.07, 6.45) is -2.82. The molecule has 0 bridgehead atoms. The average molecular weight is 542 g/mol. The summed E-state index contributed by atoms with van der Waals surface area (Å²) >= 11 is 0. The highest BCUT2D eigenvalue weighted by molar-refractivity contribution is 6.48. The number of fused-ring (bicyclic) bond motifs is 1. The summed E-state index contributed by atoms with van der Waals surface area (Å²) in [5.41, 5.74) is -0.430. The fourth-order valence-electron chi connectivity index (χ4n) is 5.02. The lowest BCUT2D eigenvalue weighted by atomic mass is 10.00. The minimum absolute atomic E-state index is 0.0718. The summed E-state index contributed by atoms with van der Waals surface area (Å²) in [5.74, 6) is -1.26. The van der Waals surface area contributed by atoms with Crippen molar-refractivity contribution < 1.29 is 32.2 Å². The molecule has 0 unspecified atom stereocenters. The number of nitrogens with one attached hydrogen (secondary N) is 1. The number of Topliss-reactive ketones (excluding diaryl/α,β-unsaturated/α-hetero) is 1. The van der Waals surface area contributed by atoms with Crippen molar-refractivity contribution in [1.82, 2.24) is 4.90 Å². The van der Waals surface area contributed by atoms with Gasteiger partial charge in [-0.05, 0) is 48.6 Å². The maximum absolute atomic E-state index is 13.6. The topological polar surface area (TPSA) is 71.1 Å². The molecular weight excluding hydrogens is 511 g/mol. The van der Waals surface area contributed by atoms with E-state index in [1.165, 1.54) is 12.1 Å². The number of hydrogen-bond donors (Lipinski definition) is 1. The van der Waals surface area contributed by atoms with E-state index < -0.39 is 23.4 Å². The van der Waals surface area contributed by atoms with Gasteiger partial charge in [0.15, 0.2) is 0 Å². The van der Waals surface area contributed by atoms with Crippen molar-refractivity contribution >= 4 is 33.8 Å². The molecule has 39 heavy (non-hydrogen) atoms. The van der Waals surface area contributed by atoms with Crippen LogP contribution in [-0.2, 0) is 15.7 Å². The molecule has 2 aliphatic rings. The Morgan fingerprint density at radius 3 is 2.36 bits per heavy atom. The normalized spacial score (nSPS) is 16.4. The van der Waals surface area contributed by atoms with Gasteiger partial charge >= 0.3 is 6.18 Å². The molecule has 3 aromatic carbocycles. The molecule has 0 aliphatic carbocycles. The third kappa shape index (κ3) is 6.34. The number of anilines is 2. The molecule has 7 nitrogen and oxygen atoms in total. The number of benzene rings is 3. The third-order valence-electron chi connectivity index (χ3n) is 7.08. The molecule has 0 aromatic heterocycles. The van der Waals surface area contributed by atoms with Crippen LogP contribution in [0.25, 0.3) is 10.8 Å². The van der Waals surface area contributed by atoms with Crippen LogP contribution in [0.3, 0.4) is 0 Å². The minimum atomic E-state index is -4.59. The average Bonchev–Trinajstić information content (AvgIpc) is 3.48. The number of alkyl halides is 3. The van der Waals surface area contributed by atoms with Crippen molar-refractivity contribution in [2.24, 2.45) is 0 Å². The number of carbonyl (C=O) groups is 2. The van der Waals surface area contributed by atoms with Crippen LogP contribution in [0.1, 0.15) is 28.8 Å². The Balaban J connectivity index is 1.34.